The molecule has 5 rings (SSSR count). The summed E-state index contributed by atoms with van der Waals surface area (Å²) in [4.78, 5) is 39.7. The monoisotopic (exact) mass is 484 g/mol. The first kappa shape index (κ1) is 25.6. The van der Waals surface area contributed by atoms with Crippen LogP contribution in [-0.4, -0.2) is 35.7 Å². The second-order valence-electron chi connectivity index (χ2n) is 14.2. The summed E-state index contributed by atoms with van der Waals surface area (Å²) < 4.78 is 12.5. The number of hydrogen-bond acceptors (Lipinski definition) is 5. The molecule has 8 atom stereocenters. The largest absolute Gasteiger partial charge is 0.457 e. The quantitative estimate of drug-likeness (QED) is 0.480. The molecule has 1 aliphatic heterocycles. The van der Waals surface area contributed by atoms with Crippen molar-refractivity contribution in [2.45, 2.75) is 117 Å². The molecule has 5 nitrogen and oxygen atoms in total. The van der Waals surface area contributed by atoms with Crippen LogP contribution >= 0.6 is 0 Å². The fraction of sp³-hybridized carbons (Fsp3) is 0.897. The minimum atomic E-state index is -0.417. The molecule has 4 aliphatic carbocycles. The normalized spacial score (nSPS) is 45.2. The van der Waals surface area contributed by atoms with Crippen LogP contribution < -0.4 is 0 Å². The van der Waals surface area contributed by atoms with Crippen molar-refractivity contribution < 1.29 is 23.7 Å². The van der Waals surface area contributed by atoms with E-state index in [1.54, 1.807) is 0 Å². The molecule has 5 fully saturated rings. The first-order valence-corrected chi connectivity index (χ1v) is 14.1. The Balaban J connectivity index is 1.32. The molecule has 0 amide bonds. The predicted molar refractivity (Wildman–Crippen MR) is 136 cm³/mol. The van der Waals surface area contributed by atoms with Crippen LogP contribution in [0.15, 0.2) is 0 Å². The zero-order chi connectivity index (χ0) is 25.6. The number of hydrogen-bond donors (Lipinski definition) is 0. The van der Waals surface area contributed by atoms with Crippen LogP contribution in [0.3, 0.4) is 0 Å². The van der Waals surface area contributed by atoms with Crippen molar-refractivity contribution in [2.75, 3.05) is 0 Å². The Kier molecular flexibility index (Phi) is 6.04. The van der Waals surface area contributed by atoms with Gasteiger partial charge in [0.1, 0.15) is 17.3 Å². The number of ketones is 3. The molecule has 194 valence electrons. The van der Waals surface area contributed by atoms with E-state index in [1.165, 1.54) is 0 Å². The fourth-order valence-corrected chi connectivity index (χ4v) is 9.07. The summed E-state index contributed by atoms with van der Waals surface area (Å²) in [5.41, 5.74) is -1.11. The Bertz CT molecular complexity index is 910. The van der Waals surface area contributed by atoms with Gasteiger partial charge in [0.25, 0.3) is 0 Å². The van der Waals surface area contributed by atoms with Crippen LogP contribution in [0.5, 0.6) is 0 Å². The molecule has 1 saturated heterocycles. The van der Waals surface area contributed by atoms with Crippen LogP contribution in [0.25, 0.3) is 0 Å². The maximum absolute atomic E-state index is 14.0. The van der Waals surface area contributed by atoms with Gasteiger partial charge in [-0.05, 0) is 88.3 Å². The average Bonchev–Trinajstić information content (AvgIpc) is 3.21. The highest BCUT2D eigenvalue weighted by Crippen LogP contribution is 2.66. The molecule has 0 aromatic carbocycles. The van der Waals surface area contributed by atoms with Gasteiger partial charge < -0.3 is 9.31 Å². The smallest absolute Gasteiger partial charge is 0.403 e. The summed E-state index contributed by atoms with van der Waals surface area (Å²) in [7, 11) is -0.204. The number of Topliss-reactive ketones (excluding diaryl/α,β-unsaturated/α-hetero) is 3. The molecule has 0 aromatic heterocycles. The van der Waals surface area contributed by atoms with Crippen molar-refractivity contribution in [3.8, 4) is 0 Å². The Hall–Kier alpha value is -1.01. The minimum absolute atomic E-state index is 0.00699. The van der Waals surface area contributed by atoms with Gasteiger partial charge in [-0.3, -0.25) is 14.4 Å². The maximum atomic E-state index is 14.0. The third-order valence-corrected chi connectivity index (χ3v) is 12.1. The van der Waals surface area contributed by atoms with Crippen molar-refractivity contribution in [1.82, 2.24) is 0 Å². The number of fused-ring (bicyclic) bond motifs is 5. The van der Waals surface area contributed by atoms with E-state index in [-0.39, 0.29) is 47.4 Å². The first-order valence-electron chi connectivity index (χ1n) is 14.1. The lowest BCUT2D eigenvalue weighted by Crippen LogP contribution is -2.60. The fourth-order valence-electron chi connectivity index (χ4n) is 9.07. The molecular formula is C29H45BO5. The molecule has 6 heteroatoms. The number of rotatable bonds is 4. The van der Waals surface area contributed by atoms with Crippen molar-refractivity contribution in [2.24, 2.45) is 46.3 Å². The van der Waals surface area contributed by atoms with Crippen LogP contribution in [0.1, 0.15) is 99.8 Å². The van der Waals surface area contributed by atoms with Gasteiger partial charge in [-0.2, -0.15) is 0 Å². The van der Waals surface area contributed by atoms with E-state index >= 15 is 0 Å². The van der Waals surface area contributed by atoms with Gasteiger partial charge in [0, 0.05) is 37.0 Å². The van der Waals surface area contributed by atoms with Crippen LogP contribution in [-0.2, 0) is 23.7 Å². The van der Waals surface area contributed by atoms with E-state index in [9.17, 15) is 14.4 Å². The lowest BCUT2D eigenvalue weighted by atomic mass is 9.44. The van der Waals surface area contributed by atoms with Crippen LogP contribution in [0.4, 0.5) is 0 Å². The molecule has 0 radical (unpaired) electrons. The summed E-state index contributed by atoms with van der Waals surface area (Å²) in [6.45, 7) is 15.1. The summed E-state index contributed by atoms with van der Waals surface area (Å²) in [5, 5.41) is 0. The molecule has 0 bridgehead atoms. The molecule has 35 heavy (non-hydrogen) atoms. The zero-order valence-electron chi connectivity index (χ0n) is 22.9. The standard InChI is InChI=1S/C29H45BO5/c1-17(11-13-30-34-26(2,3)27(4,5)35-30)20-8-9-21-25-22(16-24(33)29(20,21)7)28(6)12-10-19(31)14-18(28)15-23(25)32/h17-18,20-22,25H,8-16H2,1-7H3/t17-,18+,20-,21+,22+,25+,28+,29-/m1/s1. The SMILES string of the molecule is C[C@H](CCB1OC(C)(C)C(C)(C)O1)[C@H]1CC[C@H]2[C@@H]3C(=O)C[C@@H]4CC(=O)CC[C@]4(C)[C@H]3CC(=O)[C@]12C. The molecule has 0 aromatic rings. The molecule has 4 saturated carbocycles. The summed E-state index contributed by atoms with van der Waals surface area (Å²) >= 11 is 0. The Morgan fingerprint density at radius 1 is 0.914 bits per heavy atom. The second-order valence-corrected chi connectivity index (χ2v) is 14.2. The minimum Gasteiger partial charge on any atom is -0.403 e. The van der Waals surface area contributed by atoms with E-state index < -0.39 is 5.41 Å². The lowest BCUT2D eigenvalue weighted by molar-refractivity contribution is -0.166. The molecular weight excluding hydrogens is 439 g/mol. The van der Waals surface area contributed by atoms with Crippen LogP contribution in [0, 0.1) is 46.3 Å². The van der Waals surface area contributed by atoms with Crippen molar-refractivity contribution in [3.63, 3.8) is 0 Å². The van der Waals surface area contributed by atoms with E-state index in [2.05, 4.69) is 48.5 Å². The van der Waals surface area contributed by atoms with E-state index in [0.29, 0.717) is 54.9 Å². The Morgan fingerprint density at radius 2 is 1.57 bits per heavy atom. The topological polar surface area (TPSA) is 69.7 Å². The van der Waals surface area contributed by atoms with Gasteiger partial charge >= 0.3 is 7.12 Å². The van der Waals surface area contributed by atoms with Gasteiger partial charge in [-0.1, -0.05) is 27.2 Å². The Morgan fingerprint density at radius 3 is 2.23 bits per heavy atom. The highest BCUT2D eigenvalue weighted by Gasteiger charge is 2.66. The molecule has 0 unspecified atom stereocenters. The lowest BCUT2D eigenvalue weighted by Gasteiger charge is -2.58. The molecule has 0 N–H and O–H groups in total. The Labute approximate surface area is 212 Å². The highest BCUT2D eigenvalue weighted by atomic mass is 16.7. The van der Waals surface area contributed by atoms with Crippen molar-refractivity contribution in [3.05, 3.63) is 0 Å². The van der Waals surface area contributed by atoms with Crippen molar-refractivity contribution >= 4 is 24.5 Å². The molecule has 1 heterocycles. The van der Waals surface area contributed by atoms with Gasteiger partial charge in [-0.15, -0.1) is 0 Å². The molecule has 5 aliphatic rings. The van der Waals surface area contributed by atoms with Crippen molar-refractivity contribution in [1.29, 1.82) is 0 Å². The zero-order valence-corrected chi connectivity index (χ0v) is 22.9. The maximum Gasteiger partial charge on any atom is 0.457 e. The first-order chi connectivity index (χ1) is 16.2. The van der Waals surface area contributed by atoms with E-state index in [4.69, 9.17) is 9.31 Å². The van der Waals surface area contributed by atoms with Gasteiger partial charge in [0.15, 0.2) is 0 Å². The summed E-state index contributed by atoms with van der Waals surface area (Å²) in [6, 6.07) is 0. The van der Waals surface area contributed by atoms with Gasteiger partial charge in [0.05, 0.1) is 11.2 Å². The second kappa shape index (κ2) is 8.25. The third kappa shape index (κ3) is 3.75. The third-order valence-electron chi connectivity index (χ3n) is 12.1. The van der Waals surface area contributed by atoms with Gasteiger partial charge in [0.2, 0.25) is 0 Å². The van der Waals surface area contributed by atoms with E-state index in [0.717, 1.165) is 32.0 Å². The number of carbonyl (C=O) groups is 3. The molecule has 0 spiro atoms. The van der Waals surface area contributed by atoms with E-state index in [1.807, 2.05) is 0 Å². The van der Waals surface area contributed by atoms with Gasteiger partial charge in [-0.25, -0.2) is 0 Å². The van der Waals surface area contributed by atoms with Crippen LogP contribution in [0.2, 0.25) is 6.32 Å². The predicted octanol–water partition coefficient (Wildman–Crippen LogP) is 5.69. The summed E-state index contributed by atoms with van der Waals surface area (Å²) in [5.74, 6) is 2.07. The number of carbonyl (C=O) groups excluding carboxylic acids is 3. The summed E-state index contributed by atoms with van der Waals surface area (Å²) in [6.07, 6.45) is 6.82. The highest BCUT2D eigenvalue weighted by molar-refractivity contribution is 6.45. The average molecular weight is 484 g/mol.